The quantitative estimate of drug-likeness (QED) is 0.852. The van der Waals surface area contributed by atoms with Crippen LogP contribution in [0.15, 0.2) is 30.5 Å². The number of nitrogens with zero attached hydrogens (tertiary/aromatic N) is 3. The zero-order valence-electron chi connectivity index (χ0n) is 16.0. The predicted octanol–water partition coefficient (Wildman–Crippen LogP) is 3.34. The highest BCUT2D eigenvalue weighted by molar-refractivity contribution is 6.31. The van der Waals surface area contributed by atoms with Gasteiger partial charge < -0.3 is 15.0 Å². The lowest BCUT2D eigenvalue weighted by Gasteiger charge is -2.23. The number of nitrogens with one attached hydrogen (secondary N) is 1. The van der Waals surface area contributed by atoms with Crippen LogP contribution in [0.2, 0.25) is 5.02 Å². The molecule has 3 heterocycles. The Kier molecular flexibility index (Phi) is 5.78. The first kappa shape index (κ1) is 19.2. The number of benzene rings is 1. The highest BCUT2D eigenvalue weighted by Gasteiger charge is 2.27. The number of ether oxygens (including phenoxy) is 1. The molecule has 2 fully saturated rings. The van der Waals surface area contributed by atoms with Crippen molar-refractivity contribution in [1.29, 1.82) is 0 Å². The van der Waals surface area contributed by atoms with Gasteiger partial charge in [0, 0.05) is 60.7 Å². The molecule has 0 spiro atoms. The molecule has 7 heteroatoms. The number of amides is 1. The smallest absolute Gasteiger partial charge is 0.251 e. The molecule has 6 nitrogen and oxygen atoms in total. The van der Waals surface area contributed by atoms with Crippen LogP contribution >= 0.6 is 11.6 Å². The number of hydrogen-bond donors (Lipinski definition) is 1. The Hall–Kier alpha value is -2.18. The van der Waals surface area contributed by atoms with E-state index in [-0.39, 0.29) is 11.9 Å². The van der Waals surface area contributed by atoms with Gasteiger partial charge in [0.15, 0.2) is 0 Å². The molecule has 148 valence electrons. The van der Waals surface area contributed by atoms with Crippen molar-refractivity contribution in [3.63, 3.8) is 0 Å². The lowest BCUT2D eigenvalue weighted by Crippen LogP contribution is -2.37. The molecular weight excluding hydrogens is 376 g/mol. The first-order valence-electron chi connectivity index (χ1n) is 9.83. The van der Waals surface area contributed by atoms with Crippen molar-refractivity contribution in [1.82, 2.24) is 15.3 Å². The van der Waals surface area contributed by atoms with Gasteiger partial charge in [0.05, 0.1) is 0 Å². The molecular formula is C21H25ClN4O2. The minimum atomic E-state index is -0.0662. The molecule has 2 aromatic rings. The van der Waals surface area contributed by atoms with E-state index >= 15 is 0 Å². The molecule has 1 N–H and O–H groups in total. The first-order valence-corrected chi connectivity index (χ1v) is 10.2. The molecule has 1 aromatic heterocycles. The van der Waals surface area contributed by atoms with E-state index in [1.807, 2.05) is 25.3 Å². The van der Waals surface area contributed by atoms with E-state index in [1.54, 1.807) is 12.1 Å². The highest BCUT2D eigenvalue weighted by atomic mass is 35.5. The summed E-state index contributed by atoms with van der Waals surface area (Å²) in [5, 5.41) is 3.80. The minimum Gasteiger partial charge on any atom is -0.381 e. The summed E-state index contributed by atoms with van der Waals surface area (Å²) in [7, 11) is 0. The molecule has 0 aliphatic carbocycles. The fourth-order valence-corrected chi connectivity index (χ4v) is 3.97. The van der Waals surface area contributed by atoms with Gasteiger partial charge >= 0.3 is 0 Å². The summed E-state index contributed by atoms with van der Waals surface area (Å²) in [6, 6.07) is 7.45. The van der Waals surface area contributed by atoms with Crippen molar-refractivity contribution in [3.8, 4) is 0 Å². The fraction of sp³-hybridized carbons (Fsp3) is 0.476. The maximum Gasteiger partial charge on any atom is 0.251 e. The lowest BCUT2D eigenvalue weighted by atomic mass is 9.96. The van der Waals surface area contributed by atoms with Crippen LogP contribution in [0, 0.1) is 6.92 Å². The van der Waals surface area contributed by atoms with Crippen LogP contribution in [0.4, 0.5) is 5.95 Å². The Balaban J connectivity index is 1.38. The minimum absolute atomic E-state index is 0.0662. The first-order chi connectivity index (χ1) is 13.6. The summed E-state index contributed by atoms with van der Waals surface area (Å²) in [6.45, 7) is 5.05. The Bertz CT molecular complexity index is 854. The van der Waals surface area contributed by atoms with Gasteiger partial charge in [-0.1, -0.05) is 11.6 Å². The second kappa shape index (κ2) is 8.45. The number of anilines is 1. The molecule has 0 saturated carbocycles. The zero-order chi connectivity index (χ0) is 19.5. The number of rotatable bonds is 4. The van der Waals surface area contributed by atoms with Crippen LogP contribution in [-0.2, 0) is 4.74 Å². The number of carbonyl (C=O) groups is 1. The number of aromatic nitrogens is 2. The molecule has 4 rings (SSSR count). The van der Waals surface area contributed by atoms with Crippen LogP contribution < -0.4 is 10.2 Å². The second-order valence-corrected chi connectivity index (χ2v) is 7.94. The van der Waals surface area contributed by atoms with Gasteiger partial charge in [0.1, 0.15) is 0 Å². The average molecular weight is 401 g/mol. The number of halogens is 1. The van der Waals surface area contributed by atoms with E-state index in [4.69, 9.17) is 21.3 Å². The van der Waals surface area contributed by atoms with Gasteiger partial charge in [-0.3, -0.25) is 4.79 Å². The van der Waals surface area contributed by atoms with Crippen molar-refractivity contribution < 1.29 is 9.53 Å². The summed E-state index contributed by atoms with van der Waals surface area (Å²) in [4.78, 5) is 24.0. The molecule has 2 saturated heterocycles. The van der Waals surface area contributed by atoms with Crippen molar-refractivity contribution in [2.45, 2.75) is 38.1 Å². The Morgan fingerprint density at radius 3 is 2.86 bits per heavy atom. The van der Waals surface area contributed by atoms with Crippen LogP contribution in [0.3, 0.4) is 0 Å². The van der Waals surface area contributed by atoms with Gasteiger partial charge in [-0.2, -0.15) is 0 Å². The third kappa shape index (κ3) is 4.28. The average Bonchev–Trinajstić information content (AvgIpc) is 3.19. The van der Waals surface area contributed by atoms with Gasteiger partial charge in [-0.15, -0.1) is 0 Å². The zero-order valence-corrected chi connectivity index (χ0v) is 16.8. The summed E-state index contributed by atoms with van der Waals surface area (Å²) in [5.74, 6) is 1.13. The standard InChI is InChI=1S/C21H25ClN4O2/c1-14-12-16(2-3-18(14)22)20(27)24-17-5-9-26(13-17)21-23-8-4-19(25-21)15-6-10-28-11-7-15/h2-4,8,12,15,17H,5-7,9-11,13H2,1H3,(H,24,27). The van der Waals surface area contributed by atoms with Crippen molar-refractivity contribution in [2.75, 3.05) is 31.2 Å². The topological polar surface area (TPSA) is 67.4 Å². The van der Waals surface area contributed by atoms with Crippen molar-refractivity contribution in [2.24, 2.45) is 0 Å². The molecule has 0 bridgehead atoms. The van der Waals surface area contributed by atoms with Crippen LogP contribution in [-0.4, -0.2) is 48.2 Å². The van der Waals surface area contributed by atoms with Crippen molar-refractivity contribution >= 4 is 23.5 Å². The van der Waals surface area contributed by atoms with Crippen LogP contribution in [0.1, 0.15) is 46.8 Å². The summed E-state index contributed by atoms with van der Waals surface area (Å²) in [6.07, 6.45) is 4.74. The van der Waals surface area contributed by atoms with E-state index < -0.39 is 0 Å². The van der Waals surface area contributed by atoms with Crippen molar-refractivity contribution in [3.05, 3.63) is 52.3 Å². The maximum atomic E-state index is 12.6. The normalized spacial score (nSPS) is 20.4. The summed E-state index contributed by atoms with van der Waals surface area (Å²) in [5.41, 5.74) is 2.64. The fourth-order valence-electron chi connectivity index (χ4n) is 3.85. The molecule has 2 aliphatic heterocycles. The molecule has 1 aromatic carbocycles. The Morgan fingerprint density at radius 2 is 2.07 bits per heavy atom. The Morgan fingerprint density at radius 1 is 1.25 bits per heavy atom. The lowest BCUT2D eigenvalue weighted by molar-refractivity contribution is 0.0845. The molecule has 0 radical (unpaired) electrons. The Labute approximate surface area is 170 Å². The van der Waals surface area contributed by atoms with Crippen LogP contribution in [0.25, 0.3) is 0 Å². The molecule has 1 atom stereocenters. The molecule has 28 heavy (non-hydrogen) atoms. The van der Waals surface area contributed by atoms with Gasteiger partial charge in [0.25, 0.3) is 5.91 Å². The molecule has 1 unspecified atom stereocenters. The predicted molar refractivity (Wildman–Crippen MR) is 109 cm³/mol. The second-order valence-electron chi connectivity index (χ2n) is 7.54. The monoisotopic (exact) mass is 400 g/mol. The van der Waals surface area contributed by atoms with Crippen LogP contribution in [0.5, 0.6) is 0 Å². The SMILES string of the molecule is Cc1cc(C(=O)NC2CCN(c3nccc(C4CCOCC4)n3)C2)ccc1Cl. The van der Waals surface area contributed by atoms with Gasteiger partial charge in [-0.25, -0.2) is 9.97 Å². The van der Waals surface area contributed by atoms with E-state index in [0.717, 1.165) is 62.8 Å². The number of carbonyl (C=O) groups excluding carboxylic acids is 1. The number of hydrogen-bond acceptors (Lipinski definition) is 5. The maximum absolute atomic E-state index is 12.6. The highest BCUT2D eigenvalue weighted by Crippen LogP contribution is 2.27. The molecule has 2 aliphatic rings. The third-order valence-electron chi connectivity index (χ3n) is 5.53. The van der Waals surface area contributed by atoms with E-state index in [2.05, 4.69) is 15.2 Å². The third-order valence-corrected chi connectivity index (χ3v) is 5.95. The molecule has 1 amide bonds. The van der Waals surface area contributed by atoms with Gasteiger partial charge in [-0.05, 0) is 56.0 Å². The van der Waals surface area contributed by atoms with E-state index in [1.165, 1.54) is 0 Å². The summed E-state index contributed by atoms with van der Waals surface area (Å²) < 4.78 is 5.45. The van der Waals surface area contributed by atoms with E-state index in [9.17, 15) is 4.79 Å². The van der Waals surface area contributed by atoms with Gasteiger partial charge in [0.2, 0.25) is 5.95 Å². The number of aryl methyl sites for hydroxylation is 1. The van der Waals surface area contributed by atoms with E-state index in [0.29, 0.717) is 16.5 Å². The largest absolute Gasteiger partial charge is 0.381 e. The summed E-state index contributed by atoms with van der Waals surface area (Å²) >= 11 is 6.05.